The van der Waals surface area contributed by atoms with E-state index >= 15 is 0 Å². The first kappa shape index (κ1) is 27.0. The second-order valence-corrected chi connectivity index (χ2v) is 13.6. The van der Waals surface area contributed by atoms with Crippen LogP contribution in [0.5, 0.6) is 0 Å². The molecule has 4 rings (SSSR count). The third-order valence-electron chi connectivity index (χ3n) is 11.1. The number of nitrogens with two attached hydrogens (primary N) is 2. The van der Waals surface area contributed by atoms with E-state index in [4.69, 9.17) is 16.2 Å². The van der Waals surface area contributed by atoms with Crippen molar-refractivity contribution in [3.8, 4) is 0 Å². The lowest BCUT2D eigenvalue weighted by Crippen LogP contribution is -2.66. The topological polar surface area (TPSA) is 90.4 Å². The molecule has 0 aromatic carbocycles. The zero-order valence-corrected chi connectivity index (χ0v) is 23.2. The number of rotatable bonds is 8. The Labute approximate surface area is 214 Å². The van der Waals surface area contributed by atoms with Crippen LogP contribution in [0.15, 0.2) is 11.6 Å². The molecular weight excluding hydrogens is 434 g/mol. The van der Waals surface area contributed by atoms with Crippen LogP contribution in [-0.2, 0) is 4.74 Å². The predicted octanol–water partition coefficient (Wildman–Crippen LogP) is 6.16. The lowest BCUT2D eigenvalue weighted by Gasteiger charge is -2.63. The van der Waals surface area contributed by atoms with Crippen LogP contribution < -0.4 is 16.8 Å². The van der Waals surface area contributed by atoms with E-state index in [1.165, 1.54) is 50.5 Å². The van der Waals surface area contributed by atoms with Crippen molar-refractivity contribution in [2.24, 2.45) is 51.9 Å². The summed E-state index contributed by atoms with van der Waals surface area (Å²) in [6.07, 6.45) is 15.3. The van der Waals surface area contributed by atoms with Gasteiger partial charge >= 0.3 is 6.09 Å². The minimum absolute atomic E-state index is 0.0335. The summed E-state index contributed by atoms with van der Waals surface area (Å²) in [7, 11) is 0. The van der Waals surface area contributed by atoms with Gasteiger partial charge in [-0.3, -0.25) is 0 Å². The standard InChI is InChI=1S/C30H53N3O2/c1-20(2)7-6-8-21(3)24-9-10-25-29(24,5)15-13-26-28(4)14-12-23(35-27(34)33-18-17-31)19-22(28)11-16-30(25,26)32/h11,20-21,23-26H,6-10,12-19,31-32H2,1-5H3,(H,33,34)/t21-,23+,24-,25-,26-,28+,29?,30?/m1/s1. The predicted molar refractivity (Wildman–Crippen MR) is 144 cm³/mol. The van der Waals surface area contributed by atoms with Crippen molar-refractivity contribution in [3.63, 3.8) is 0 Å². The fourth-order valence-electron chi connectivity index (χ4n) is 9.34. The summed E-state index contributed by atoms with van der Waals surface area (Å²) in [6.45, 7) is 13.2. The minimum Gasteiger partial charge on any atom is -0.446 e. The van der Waals surface area contributed by atoms with E-state index < -0.39 is 0 Å². The lowest BCUT2D eigenvalue weighted by molar-refractivity contribution is -0.0744. The molecule has 2 unspecified atom stereocenters. The van der Waals surface area contributed by atoms with E-state index in [0.717, 1.165) is 43.4 Å². The van der Waals surface area contributed by atoms with Crippen LogP contribution in [0.1, 0.15) is 105 Å². The molecule has 3 saturated carbocycles. The summed E-state index contributed by atoms with van der Waals surface area (Å²) in [6, 6.07) is 0. The first-order valence-electron chi connectivity index (χ1n) is 14.7. The molecule has 5 N–H and O–H groups in total. The van der Waals surface area contributed by atoms with Crippen LogP contribution in [0.4, 0.5) is 4.79 Å². The van der Waals surface area contributed by atoms with Crippen molar-refractivity contribution in [2.45, 2.75) is 117 Å². The number of hydrogen-bond donors (Lipinski definition) is 3. The third-order valence-corrected chi connectivity index (χ3v) is 11.1. The van der Waals surface area contributed by atoms with Gasteiger partial charge in [0.05, 0.1) is 0 Å². The monoisotopic (exact) mass is 487 g/mol. The Kier molecular flexibility index (Phi) is 7.98. The van der Waals surface area contributed by atoms with E-state index in [0.29, 0.717) is 30.3 Å². The molecule has 0 aromatic rings. The number of alkyl carbamates (subject to hydrolysis) is 1. The molecule has 0 aliphatic heterocycles. The third kappa shape index (κ3) is 4.93. The van der Waals surface area contributed by atoms with Gasteiger partial charge in [-0.1, -0.05) is 65.5 Å². The number of hydrogen-bond acceptors (Lipinski definition) is 4. The summed E-state index contributed by atoms with van der Waals surface area (Å²) in [4.78, 5) is 12.1. The summed E-state index contributed by atoms with van der Waals surface area (Å²) >= 11 is 0. The van der Waals surface area contributed by atoms with Gasteiger partial charge in [-0.25, -0.2) is 4.79 Å². The number of ether oxygens (including phenoxy) is 1. The van der Waals surface area contributed by atoms with Gasteiger partial charge in [0, 0.05) is 25.0 Å². The smallest absolute Gasteiger partial charge is 0.407 e. The Bertz CT molecular complexity index is 796. The van der Waals surface area contributed by atoms with Gasteiger partial charge in [-0.05, 0) is 85.4 Å². The zero-order chi connectivity index (χ0) is 25.4. The Morgan fingerprint density at radius 2 is 1.89 bits per heavy atom. The lowest BCUT2D eigenvalue weighted by atomic mass is 9.44. The minimum atomic E-state index is -0.332. The highest BCUT2D eigenvalue weighted by molar-refractivity contribution is 5.67. The summed E-state index contributed by atoms with van der Waals surface area (Å²) < 4.78 is 5.74. The second kappa shape index (κ2) is 10.4. The van der Waals surface area contributed by atoms with Crippen molar-refractivity contribution in [3.05, 3.63) is 11.6 Å². The van der Waals surface area contributed by atoms with Crippen LogP contribution in [0.25, 0.3) is 0 Å². The van der Waals surface area contributed by atoms with Crippen LogP contribution in [0, 0.1) is 40.4 Å². The van der Waals surface area contributed by atoms with Crippen molar-refractivity contribution in [1.29, 1.82) is 0 Å². The first-order valence-corrected chi connectivity index (χ1v) is 14.7. The van der Waals surface area contributed by atoms with E-state index in [-0.39, 0.29) is 23.2 Å². The summed E-state index contributed by atoms with van der Waals surface area (Å²) in [5.74, 6) is 3.58. The van der Waals surface area contributed by atoms with Crippen LogP contribution in [0.2, 0.25) is 0 Å². The molecule has 200 valence electrons. The fraction of sp³-hybridized carbons (Fsp3) is 0.900. The molecule has 0 bridgehead atoms. The number of carbonyl (C=O) groups is 1. The zero-order valence-electron chi connectivity index (χ0n) is 23.2. The molecule has 35 heavy (non-hydrogen) atoms. The van der Waals surface area contributed by atoms with E-state index in [9.17, 15) is 4.79 Å². The molecule has 0 saturated heterocycles. The maximum Gasteiger partial charge on any atom is 0.407 e. The van der Waals surface area contributed by atoms with Crippen molar-refractivity contribution < 1.29 is 9.53 Å². The highest BCUT2D eigenvalue weighted by Gasteiger charge is 2.64. The molecule has 5 nitrogen and oxygen atoms in total. The van der Waals surface area contributed by atoms with Gasteiger partial charge in [-0.2, -0.15) is 0 Å². The average Bonchev–Trinajstić information content (AvgIpc) is 3.16. The normalized spacial score (nSPS) is 41.4. The molecule has 5 heteroatoms. The molecule has 0 heterocycles. The molecular formula is C30H53N3O2. The molecule has 4 aliphatic carbocycles. The number of carbonyl (C=O) groups excluding carboxylic acids is 1. The van der Waals surface area contributed by atoms with E-state index in [2.05, 4.69) is 46.0 Å². The molecule has 0 radical (unpaired) electrons. The largest absolute Gasteiger partial charge is 0.446 e. The molecule has 1 amide bonds. The van der Waals surface area contributed by atoms with Crippen LogP contribution in [-0.4, -0.2) is 30.8 Å². The number of amides is 1. The average molecular weight is 488 g/mol. The highest BCUT2D eigenvalue weighted by Crippen LogP contribution is 2.68. The van der Waals surface area contributed by atoms with Gasteiger partial charge in [0.2, 0.25) is 0 Å². The van der Waals surface area contributed by atoms with E-state index in [1.807, 2.05) is 0 Å². The Morgan fingerprint density at radius 3 is 2.60 bits per heavy atom. The summed E-state index contributed by atoms with van der Waals surface area (Å²) in [5, 5.41) is 2.75. The Morgan fingerprint density at radius 1 is 1.11 bits per heavy atom. The van der Waals surface area contributed by atoms with Crippen molar-refractivity contribution in [2.75, 3.05) is 13.1 Å². The first-order chi connectivity index (χ1) is 16.5. The quantitative estimate of drug-likeness (QED) is 0.357. The van der Waals surface area contributed by atoms with Gasteiger partial charge in [0.1, 0.15) is 6.10 Å². The molecule has 3 fully saturated rings. The molecule has 4 aliphatic rings. The highest BCUT2D eigenvalue weighted by atomic mass is 16.6. The van der Waals surface area contributed by atoms with Crippen molar-refractivity contribution in [1.82, 2.24) is 5.32 Å². The summed E-state index contributed by atoms with van der Waals surface area (Å²) in [5.41, 5.74) is 15.0. The molecule has 8 atom stereocenters. The van der Waals surface area contributed by atoms with Crippen LogP contribution in [0.3, 0.4) is 0 Å². The number of nitrogens with one attached hydrogen (secondary N) is 1. The maximum absolute atomic E-state index is 12.1. The van der Waals surface area contributed by atoms with Gasteiger partial charge in [-0.15, -0.1) is 0 Å². The fourth-order valence-corrected chi connectivity index (χ4v) is 9.34. The van der Waals surface area contributed by atoms with Gasteiger partial charge in [0.15, 0.2) is 0 Å². The molecule has 0 spiro atoms. The van der Waals surface area contributed by atoms with E-state index in [1.54, 1.807) is 0 Å². The van der Waals surface area contributed by atoms with Crippen molar-refractivity contribution >= 4 is 6.09 Å². The van der Waals surface area contributed by atoms with Gasteiger partial charge in [0.25, 0.3) is 0 Å². The number of fused-ring (bicyclic) bond motifs is 5. The Hall–Kier alpha value is -1.07. The SMILES string of the molecule is CC(C)CCC[C@@H](C)[C@H]1CC[C@@H]2C1(C)CC[C@H]1C2(N)CC=C2C[C@@H](OC(=O)NCCN)CC[C@@]21C. The van der Waals surface area contributed by atoms with Gasteiger partial charge < -0.3 is 21.5 Å². The maximum atomic E-state index is 12.1. The van der Waals surface area contributed by atoms with Crippen LogP contribution >= 0.6 is 0 Å². The Balaban J connectivity index is 1.46. The molecule has 0 aromatic heterocycles. The second-order valence-electron chi connectivity index (χ2n) is 13.6.